The van der Waals surface area contributed by atoms with E-state index in [1.54, 1.807) is 0 Å². The number of piperazine rings is 1. The predicted molar refractivity (Wildman–Crippen MR) is 78.9 cm³/mol. The molecule has 1 rings (SSSR count). The van der Waals surface area contributed by atoms with Gasteiger partial charge in [-0.15, -0.1) is 0 Å². The molecule has 0 aromatic heterocycles. The molecule has 4 nitrogen and oxygen atoms in total. The maximum absolute atomic E-state index is 5.82. The van der Waals surface area contributed by atoms with Crippen LogP contribution in [0.5, 0.6) is 0 Å². The van der Waals surface area contributed by atoms with Crippen molar-refractivity contribution in [2.45, 2.75) is 33.2 Å². The molecule has 0 aromatic rings. The van der Waals surface area contributed by atoms with Gasteiger partial charge in [-0.25, -0.2) is 0 Å². The summed E-state index contributed by atoms with van der Waals surface area (Å²) in [6.07, 6.45) is 1.18. The fourth-order valence-electron chi connectivity index (χ4n) is 2.75. The molecular weight excluding hydrogens is 224 g/mol. The third-order valence-corrected chi connectivity index (χ3v) is 4.29. The molecule has 1 fully saturated rings. The first kappa shape index (κ1) is 15.9. The first-order valence-corrected chi connectivity index (χ1v) is 7.63. The third kappa shape index (κ3) is 4.84. The van der Waals surface area contributed by atoms with Gasteiger partial charge in [-0.3, -0.25) is 9.80 Å². The smallest absolute Gasteiger partial charge is 0.0216 e. The summed E-state index contributed by atoms with van der Waals surface area (Å²) in [7, 11) is 0. The van der Waals surface area contributed by atoms with Crippen LogP contribution < -0.4 is 5.73 Å². The zero-order valence-corrected chi connectivity index (χ0v) is 12.6. The summed E-state index contributed by atoms with van der Waals surface area (Å²) >= 11 is 0. The maximum Gasteiger partial charge on any atom is 0.0216 e. The van der Waals surface area contributed by atoms with E-state index in [1.807, 2.05) is 0 Å². The molecule has 4 heteroatoms. The molecule has 1 unspecified atom stereocenters. The zero-order chi connectivity index (χ0) is 13.4. The zero-order valence-electron chi connectivity index (χ0n) is 12.6. The summed E-state index contributed by atoms with van der Waals surface area (Å²) in [4.78, 5) is 7.66. The van der Waals surface area contributed by atoms with Crippen LogP contribution >= 0.6 is 0 Å². The second-order valence-corrected chi connectivity index (χ2v) is 5.20. The van der Waals surface area contributed by atoms with Gasteiger partial charge < -0.3 is 10.6 Å². The Hall–Kier alpha value is -0.160. The molecule has 0 radical (unpaired) electrons. The molecule has 1 heterocycles. The normalized spacial score (nSPS) is 20.5. The largest absolute Gasteiger partial charge is 0.329 e. The van der Waals surface area contributed by atoms with E-state index in [9.17, 15) is 0 Å². The molecule has 0 amide bonds. The van der Waals surface area contributed by atoms with Crippen LogP contribution in [0.15, 0.2) is 0 Å². The highest BCUT2D eigenvalue weighted by atomic mass is 15.3. The van der Waals surface area contributed by atoms with Gasteiger partial charge >= 0.3 is 0 Å². The molecule has 1 aliphatic rings. The van der Waals surface area contributed by atoms with Gasteiger partial charge in [0.1, 0.15) is 0 Å². The quantitative estimate of drug-likeness (QED) is 0.693. The highest BCUT2D eigenvalue weighted by Crippen LogP contribution is 2.08. The standard InChI is InChI=1S/C14H32N4/c1-4-14(13-15)18-11-9-17(10-12-18)8-7-16(5-2)6-3/h14H,4-13,15H2,1-3H3. The minimum absolute atomic E-state index is 0.593. The average Bonchev–Trinajstić information content (AvgIpc) is 2.43. The lowest BCUT2D eigenvalue weighted by Crippen LogP contribution is -2.53. The van der Waals surface area contributed by atoms with Crippen LogP contribution in [-0.4, -0.2) is 79.6 Å². The van der Waals surface area contributed by atoms with Crippen LogP contribution in [0.1, 0.15) is 27.2 Å². The van der Waals surface area contributed by atoms with Crippen molar-refractivity contribution in [1.29, 1.82) is 0 Å². The first-order chi connectivity index (χ1) is 8.74. The second-order valence-electron chi connectivity index (χ2n) is 5.20. The van der Waals surface area contributed by atoms with Gasteiger partial charge in [-0.05, 0) is 19.5 Å². The summed E-state index contributed by atoms with van der Waals surface area (Å²) in [6.45, 7) is 17.1. The maximum atomic E-state index is 5.82. The monoisotopic (exact) mass is 256 g/mol. The fourth-order valence-corrected chi connectivity index (χ4v) is 2.75. The molecule has 0 saturated carbocycles. The Labute approximate surface area is 113 Å². The molecule has 0 aromatic carbocycles. The van der Waals surface area contributed by atoms with Gasteiger partial charge in [0.05, 0.1) is 0 Å². The topological polar surface area (TPSA) is 35.7 Å². The molecule has 1 atom stereocenters. The SMILES string of the molecule is CCC(CN)N1CCN(CCN(CC)CC)CC1. The second kappa shape index (κ2) is 8.86. The summed E-state index contributed by atoms with van der Waals surface area (Å²) in [5, 5.41) is 0. The van der Waals surface area contributed by atoms with Crippen LogP contribution in [0.3, 0.4) is 0 Å². The van der Waals surface area contributed by atoms with Gasteiger partial charge in [0.15, 0.2) is 0 Å². The van der Waals surface area contributed by atoms with E-state index in [2.05, 4.69) is 35.5 Å². The van der Waals surface area contributed by atoms with Crippen LogP contribution in [0.25, 0.3) is 0 Å². The molecule has 0 bridgehead atoms. The lowest BCUT2D eigenvalue weighted by molar-refractivity contribution is 0.0896. The number of likely N-dealkylation sites (N-methyl/N-ethyl adjacent to an activating group) is 1. The number of hydrogen-bond donors (Lipinski definition) is 1. The van der Waals surface area contributed by atoms with Crippen molar-refractivity contribution in [3.8, 4) is 0 Å². The van der Waals surface area contributed by atoms with Crippen molar-refractivity contribution >= 4 is 0 Å². The van der Waals surface area contributed by atoms with E-state index >= 15 is 0 Å². The molecule has 1 saturated heterocycles. The lowest BCUT2D eigenvalue weighted by atomic mass is 10.1. The summed E-state index contributed by atoms with van der Waals surface area (Å²) in [6, 6.07) is 0.593. The van der Waals surface area contributed by atoms with E-state index < -0.39 is 0 Å². The van der Waals surface area contributed by atoms with Gasteiger partial charge in [-0.1, -0.05) is 20.8 Å². The lowest BCUT2D eigenvalue weighted by Gasteiger charge is -2.39. The van der Waals surface area contributed by atoms with Gasteiger partial charge in [0, 0.05) is 51.9 Å². The first-order valence-electron chi connectivity index (χ1n) is 7.63. The van der Waals surface area contributed by atoms with E-state index in [4.69, 9.17) is 5.73 Å². The average molecular weight is 256 g/mol. The van der Waals surface area contributed by atoms with E-state index in [-0.39, 0.29) is 0 Å². The Morgan fingerprint density at radius 3 is 2.11 bits per heavy atom. The van der Waals surface area contributed by atoms with E-state index in [0.717, 1.165) is 6.54 Å². The van der Waals surface area contributed by atoms with Crippen molar-refractivity contribution in [3.63, 3.8) is 0 Å². The van der Waals surface area contributed by atoms with E-state index in [0.29, 0.717) is 6.04 Å². The molecule has 18 heavy (non-hydrogen) atoms. The van der Waals surface area contributed by atoms with Gasteiger partial charge in [-0.2, -0.15) is 0 Å². The number of nitrogens with zero attached hydrogens (tertiary/aromatic N) is 3. The molecule has 0 aliphatic carbocycles. The van der Waals surface area contributed by atoms with Crippen molar-refractivity contribution in [3.05, 3.63) is 0 Å². The summed E-state index contributed by atoms with van der Waals surface area (Å²) < 4.78 is 0. The summed E-state index contributed by atoms with van der Waals surface area (Å²) in [5.41, 5.74) is 5.82. The van der Waals surface area contributed by atoms with Crippen LogP contribution in [-0.2, 0) is 0 Å². The van der Waals surface area contributed by atoms with E-state index in [1.165, 1.54) is 58.8 Å². The third-order valence-electron chi connectivity index (χ3n) is 4.29. The van der Waals surface area contributed by atoms with Crippen LogP contribution in [0.4, 0.5) is 0 Å². The molecule has 108 valence electrons. The Balaban J connectivity index is 2.22. The van der Waals surface area contributed by atoms with Crippen molar-refractivity contribution in [2.75, 3.05) is 58.9 Å². The molecule has 2 N–H and O–H groups in total. The number of hydrogen-bond acceptors (Lipinski definition) is 4. The summed E-state index contributed by atoms with van der Waals surface area (Å²) in [5.74, 6) is 0. The predicted octanol–water partition coefficient (Wildman–Crippen LogP) is 0.683. The van der Waals surface area contributed by atoms with Crippen LogP contribution in [0.2, 0.25) is 0 Å². The minimum atomic E-state index is 0.593. The van der Waals surface area contributed by atoms with Crippen molar-refractivity contribution in [1.82, 2.24) is 14.7 Å². The number of nitrogens with two attached hydrogens (primary N) is 1. The Morgan fingerprint density at radius 1 is 1.06 bits per heavy atom. The Bertz CT molecular complexity index is 194. The Morgan fingerprint density at radius 2 is 1.67 bits per heavy atom. The number of rotatable bonds is 8. The van der Waals surface area contributed by atoms with Gasteiger partial charge in [0.2, 0.25) is 0 Å². The molecule has 1 aliphatic heterocycles. The van der Waals surface area contributed by atoms with Crippen LogP contribution in [0, 0.1) is 0 Å². The molecular formula is C14H32N4. The fraction of sp³-hybridized carbons (Fsp3) is 1.00. The highest BCUT2D eigenvalue weighted by molar-refractivity contribution is 4.78. The highest BCUT2D eigenvalue weighted by Gasteiger charge is 2.21. The van der Waals surface area contributed by atoms with Gasteiger partial charge in [0.25, 0.3) is 0 Å². The Kier molecular flexibility index (Phi) is 7.82. The van der Waals surface area contributed by atoms with Crippen molar-refractivity contribution < 1.29 is 0 Å². The molecule has 0 spiro atoms. The minimum Gasteiger partial charge on any atom is -0.329 e. The van der Waals surface area contributed by atoms with Crippen molar-refractivity contribution in [2.24, 2.45) is 5.73 Å².